The lowest BCUT2D eigenvalue weighted by atomic mass is 10.2. The summed E-state index contributed by atoms with van der Waals surface area (Å²) in [7, 11) is -3.88. The maximum absolute atomic E-state index is 12.4. The molecule has 2 rings (SSSR count). The van der Waals surface area contributed by atoms with E-state index < -0.39 is 10.0 Å². The van der Waals surface area contributed by atoms with Crippen molar-refractivity contribution in [2.75, 3.05) is 10.5 Å². The molecule has 0 atom stereocenters. The molecule has 0 aromatic heterocycles. The highest BCUT2D eigenvalue weighted by atomic mass is 35.5. The monoisotopic (exact) mass is 330 g/mol. The van der Waals surface area contributed by atoms with Gasteiger partial charge in [-0.2, -0.15) is 0 Å². The molecule has 0 spiro atoms. The van der Waals surface area contributed by atoms with Crippen LogP contribution in [0.15, 0.2) is 41.3 Å². The predicted molar refractivity (Wildman–Crippen MR) is 82.9 cm³/mol. The molecular formula is C13H12Cl2N2O2S. The molecule has 0 heterocycles. The quantitative estimate of drug-likeness (QED) is 0.843. The molecule has 0 radical (unpaired) electrons. The Morgan fingerprint density at radius 1 is 1.10 bits per heavy atom. The topological polar surface area (TPSA) is 72.2 Å². The second-order valence-corrected chi connectivity index (χ2v) is 6.66. The van der Waals surface area contributed by atoms with E-state index in [1.165, 1.54) is 18.2 Å². The van der Waals surface area contributed by atoms with E-state index in [0.717, 1.165) is 5.56 Å². The van der Waals surface area contributed by atoms with E-state index in [2.05, 4.69) is 4.72 Å². The number of halogens is 2. The molecule has 2 aromatic carbocycles. The average molecular weight is 331 g/mol. The van der Waals surface area contributed by atoms with Crippen molar-refractivity contribution < 1.29 is 8.42 Å². The molecule has 7 heteroatoms. The van der Waals surface area contributed by atoms with E-state index in [1.807, 2.05) is 0 Å². The lowest BCUT2D eigenvalue weighted by Gasteiger charge is -2.13. The SMILES string of the molecule is Cc1ccc(N)cc1NS(=O)(=O)c1c(Cl)cccc1Cl. The van der Waals surface area contributed by atoms with Gasteiger partial charge in [0, 0.05) is 5.69 Å². The summed E-state index contributed by atoms with van der Waals surface area (Å²) in [6, 6.07) is 9.46. The number of nitrogens with two attached hydrogens (primary N) is 1. The molecule has 0 amide bonds. The number of hydrogen-bond acceptors (Lipinski definition) is 3. The van der Waals surface area contributed by atoms with Gasteiger partial charge in [0.1, 0.15) is 4.90 Å². The van der Waals surface area contributed by atoms with Crippen LogP contribution in [-0.2, 0) is 10.0 Å². The van der Waals surface area contributed by atoms with Crippen LogP contribution in [-0.4, -0.2) is 8.42 Å². The summed E-state index contributed by atoms with van der Waals surface area (Å²) < 4.78 is 27.2. The molecule has 106 valence electrons. The lowest BCUT2D eigenvalue weighted by molar-refractivity contribution is 0.601. The lowest BCUT2D eigenvalue weighted by Crippen LogP contribution is -2.15. The maximum atomic E-state index is 12.4. The summed E-state index contributed by atoms with van der Waals surface area (Å²) in [5.41, 5.74) is 7.25. The van der Waals surface area contributed by atoms with Crippen molar-refractivity contribution in [3.8, 4) is 0 Å². The van der Waals surface area contributed by atoms with Crippen LogP contribution >= 0.6 is 23.2 Å². The van der Waals surface area contributed by atoms with Gasteiger partial charge in [-0.15, -0.1) is 0 Å². The molecule has 0 fully saturated rings. The third-order valence-corrected chi connectivity index (χ3v) is 5.01. The second-order valence-electron chi connectivity index (χ2n) is 4.23. The third kappa shape index (κ3) is 3.00. The van der Waals surface area contributed by atoms with Crippen LogP contribution < -0.4 is 10.5 Å². The fraction of sp³-hybridized carbons (Fsp3) is 0.0769. The number of nitrogens with one attached hydrogen (secondary N) is 1. The van der Waals surface area contributed by atoms with Gasteiger partial charge < -0.3 is 5.73 Å². The molecule has 0 saturated heterocycles. The summed E-state index contributed by atoms with van der Waals surface area (Å²) in [6.07, 6.45) is 0. The molecule has 0 saturated carbocycles. The van der Waals surface area contributed by atoms with Crippen molar-refractivity contribution >= 4 is 44.6 Å². The van der Waals surface area contributed by atoms with E-state index >= 15 is 0 Å². The van der Waals surface area contributed by atoms with Gasteiger partial charge in [0.15, 0.2) is 0 Å². The Kier molecular flexibility index (Phi) is 4.13. The van der Waals surface area contributed by atoms with Crippen LogP contribution in [0.3, 0.4) is 0 Å². The van der Waals surface area contributed by atoms with Gasteiger partial charge >= 0.3 is 0 Å². The van der Waals surface area contributed by atoms with Crippen LogP contribution in [0.4, 0.5) is 11.4 Å². The first kappa shape index (κ1) is 15.0. The number of sulfonamides is 1. The van der Waals surface area contributed by atoms with E-state index in [-0.39, 0.29) is 14.9 Å². The predicted octanol–water partition coefficient (Wildman–Crippen LogP) is 3.68. The number of aryl methyl sites for hydroxylation is 1. The van der Waals surface area contributed by atoms with E-state index in [4.69, 9.17) is 28.9 Å². The Bertz CT molecular complexity index is 741. The highest BCUT2D eigenvalue weighted by Crippen LogP contribution is 2.31. The van der Waals surface area contributed by atoms with Crippen LogP contribution in [0.1, 0.15) is 5.56 Å². The molecule has 0 unspecified atom stereocenters. The number of hydrogen-bond donors (Lipinski definition) is 2. The van der Waals surface area contributed by atoms with Crippen molar-refractivity contribution in [3.05, 3.63) is 52.0 Å². The van der Waals surface area contributed by atoms with Gasteiger partial charge in [-0.1, -0.05) is 35.3 Å². The Morgan fingerprint density at radius 3 is 2.30 bits per heavy atom. The summed E-state index contributed by atoms with van der Waals surface area (Å²) in [5, 5.41) is 0.123. The van der Waals surface area contributed by atoms with Crippen molar-refractivity contribution in [2.45, 2.75) is 11.8 Å². The van der Waals surface area contributed by atoms with Crippen LogP contribution in [0.2, 0.25) is 10.0 Å². The normalized spacial score (nSPS) is 11.3. The Labute approximate surface area is 127 Å². The maximum Gasteiger partial charge on any atom is 0.264 e. The minimum Gasteiger partial charge on any atom is -0.399 e. The largest absolute Gasteiger partial charge is 0.399 e. The molecule has 4 nitrogen and oxygen atoms in total. The molecule has 3 N–H and O–H groups in total. The van der Waals surface area contributed by atoms with E-state index in [0.29, 0.717) is 11.4 Å². The smallest absolute Gasteiger partial charge is 0.264 e. The van der Waals surface area contributed by atoms with E-state index in [1.54, 1.807) is 25.1 Å². The number of rotatable bonds is 3. The van der Waals surface area contributed by atoms with Gasteiger partial charge in [-0.3, -0.25) is 4.72 Å². The second kappa shape index (κ2) is 5.52. The first-order chi connectivity index (χ1) is 9.31. The molecule has 0 bridgehead atoms. The van der Waals surface area contributed by atoms with Crippen molar-refractivity contribution in [1.82, 2.24) is 0 Å². The van der Waals surface area contributed by atoms with E-state index in [9.17, 15) is 8.42 Å². The highest BCUT2D eigenvalue weighted by Gasteiger charge is 2.22. The molecule has 0 aliphatic carbocycles. The minimum atomic E-state index is -3.88. The number of anilines is 2. The minimum absolute atomic E-state index is 0.0616. The van der Waals surface area contributed by atoms with Gasteiger partial charge in [-0.25, -0.2) is 8.42 Å². The Balaban J connectivity index is 2.49. The summed E-state index contributed by atoms with van der Waals surface area (Å²) in [5.74, 6) is 0. The molecule has 0 aliphatic rings. The summed E-state index contributed by atoms with van der Waals surface area (Å²) in [4.78, 5) is -0.148. The fourth-order valence-corrected chi connectivity index (χ4v) is 3.95. The van der Waals surface area contributed by atoms with Gasteiger partial charge in [-0.05, 0) is 36.8 Å². The first-order valence-corrected chi connectivity index (χ1v) is 7.88. The molecule has 2 aromatic rings. The Morgan fingerprint density at radius 2 is 1.70 bits per heavy atom. The van der Waals surface area contributed by atoms with Crippen LogP contribution in [0, 0.1) is 6.92 Å². The van der Waals surface area contributed by atoms with Crippen LogP contribution in [0.25, 0.3) is 0 Å². The molecular weight excluding hydrogens is 319 g/mol. The Hall–Kier alpha value is -1.43. The standard InChI is InChI=1S/C13H12Cl2N2O2S/c1-8-5-6-9(16)7-12(8)17-20(18,19)13-10(14)3-2-4-11(13)15/h2-7,17H,16H2,1H3. The highest BCUT2D eigenvalue weighted by molar-refractivity contribution is 7.93. The fourth-order valence-electron chi connectivity index (χ4n) is 1.68. The van der Waals surface area contributed by atoms with Crippen LogP contribution in [0.5, 0.6) is 0 Å². The summed E-state index contributed by atoms with van der Waals surface area (Å²) in [6.45, 7) is 1.77. The van der Waals surface area contributed by atoms with Crippen molar-refractivity contribution in [2.24, 2.45) is 0 Å². The van der Waals surface area contributed by atoms with Crippen molar-refractivity contribution in [1.29, 1.82) is 0 Å². The average Bonchev–Trinajstić information content (AvgIpc) is 2.33. The molecule has 20 heavy (non-hydrogen) atoms. The molecule has 0 aliphatic heterocycles. The van der Waals surface area contributed by atoms with Gasteiger partial charge in [0.05, 0.1) is 15.7 Å². The first-order valence-electron chi connectivity index (χ1n) is 5.64. The zero-order valence-electron chi connectivity index (χ0n) is 10.5. The number of benzene rings is 2. The van der Waals surface area contributed by atoms with Crippen molar-refractivity contribution in [3.63, 3.8) is 0 Å². The zero-order valence-corrected chi connectivity index (χ0v) is 12.9. The third-order valence-electron chi connectivity index (χ3n) is 2.69. The van der Waals surface area contributed by atoms with Gasteiger partial charge in [0.25, 0.3) is 10.0 Å². The van der Waals surface area contributed by atoms with Gasteiger partial charge in [0.2, 0.25) is 0 Å². The zero-order chi connectivity index (χ0) is 14.9. The summed E-state index contributed by atoms with van der Waals surface area (Å²) >= 11 is 11.8. The number of nitrogen functional groups attached to an aromatic ring is 1.